The Balaban J connectivity index is 1.98. The van der Waals surface area contributed by atoms with Crippen molar-refractivity contribution in [1.82, 2.24) is 4.98 Å². The number of thiazole rings is 1. The van der Waals surface area contributed by atoms with Crippen molar-refractivity contribution in [2.45, 2.75) is 0 Å². The number of hydrogen-bond donors (Lipinski definition) is 1. The van der Waals surface area contributed by atoms with Crippen molar-refractivity contribution in [3.63, 3.8) is 0 Å². The molecule has 2 aromatic carbocycles. The molecular formula is C15H13ClN2OS. The maximum absolute atomic E-state index is 6.02. The Morgan fingerprint density at radius 1 is 1.20 bits per heavy atom. The van der Waals surface area contributed by atoms with Gasteiger partial charge in [0.25, 0.3) is 0 Å². The molecule has 5 heteroatoms. The van der Waals surface area contributed by atoms with E-state index in [2.05, 4.69) is 4.98 Å². The Hall–Kier alpha value is -1.62. The van der Waals surface area contributed by atoms with E-state index >= 15 is 0 Å². The highest BCUT2D eigenvalue weighted by Gasteiger charge is 2.07. The number of rotatable bonds is 4. The summed E-state index contributed by atoms with van der Waals surface area (Å²) in [7, 11) is 0. The number of halogens is 1. The zero-order chi connectivity index (χ0) is 13.9. The van der Waals surface area contributed by atoms with Gasteiger partial charge in [-0.3, -0.25) is 0 Å². The van der Waals surface area contributed by atoms with Crippen LogP contribution in [0.15, 0.2) is 42.5 Å². The number of nitrogens with two attached hydrogens (primary N) is 1. The lowest BCUT2D eigenvalue weighted by Crippen LogP contribution is -2.10. The van der Waals surface area contributed by atoms with E-state index in [0.29, 0.717) is 18.2 Å². The molecule has 20 heavy (non-hydrogen) atoms. The highest BCUT2D eigenvalue weighted by atomic mass is 35.5. The van der Waals surface area contributed by atoms with Gasteiger partial charge in [0.1, 0.15) is 17.4 Å². The maximum atomic E-state index is 6.02. The van der Waals surface area contributed by atoms with Crippen molar-refractivity contribution in [2.75, 3.05) is 13.2 Å². The van der Waals surface area contributed by atoms with Crippen LogP contribution in [0.2, 0.25) is 5.02 Å². The predicted octanol–water partition coefficient (Wildman–Crippen LogP) is 3.95. The minimum absolute atomic E-state index is 0.508. The second-order valence-electron chi connectivity index (χ2n) is 4.30. The van der Waals surface area contributed by atoms with Crippen molar-refractivity contribution < 1.29 is 4.74 Å². The third-order valence-corrected chi connectivity index (χ3v) is 4.12. The van der Waals surface area contributed by atoms with Crippen molar-refractivity contribution in [1.29, 1.82) is 0 Å². The molecule has 3 aromatic rings. The highest BCUT2D eigenvalue weighted by molar-refractivity contribution is 7.21. The van der Waals surface area contributed by atoms with E-state index in [1.807, 2.05) is 42.5 Å². The second-order valence-corrected chi connectivity index (χ2v) is 5.76. The van der Waals surface area contributed by atoms with Crippen molar-refractivity contribution in [3.8, 4) is 16.3 Å². The Bertz CT molecular complexity index is 742. The van der Waals surface area contributed by atoms with E-state index in [0.717, 1.165) is 26.5 Å². The molecular weight excluding hydrogens is 292 g/mol. The molecule has 0 unspecified atom stereocenters. The summed E-state index contributed by atoms with van der Waals surface area (Å²) in [6.45, 7) is 1.03. The summed E-state index contributed by atoms with van der Waals surface area (Å²) < 4.78 is 6.62. The summed E-state index contributed by atoms with van der Waals surface area (Å²) in [5, 5.41) is 1.67. The smallest absolute Gasteiger partial charge is 0.124 e. The first kappa shape index (κ1) is 13.4. The predicted molar refractivity (Wildman–Crippen MR) is 84.6 cm³/mol. The molecule has 0 aliphatic heterocycles. The van der Waals surface area contributed by atoms with Gasteiger partial charge in [0, 0.05) is 17.1 Å². The molecule has 102 valence electrons. The number of hydrogen-bond acceptors (Lipinski definition) is 4. The fourth-order valence-electron chi connectivity index (χ4n) is 1.92. The fraction of sp³-hybridized carbons (Fsp3) is 0.133. The van der Waals surface area contributed by atoms with Crippen LogP contribution in [-0.2, 0) is 0 Å². The van der Waals surface area contributed by atoms with E-state index < -0.39 is 0 Å². The van der Waals surface area contributed by atoms with Gasteiger partial charge in [0.05, 0.1) is 10.2 Å². The molecule has 0 spiro atoms. The van der Waals surface area contributed by atoms with Crippen LogP contribution >= 0.6 is 22.9 Å². The Kier molecular flexibility index (Phi) is 3.87. The topological polar surface area (TPSA) is 48.1 Å². The van der Waals surface area contributed by atoms with Crippen LogP contribution in [0.5, 0.6) is 5.75 Å². The van der Waals surface area contributed by atoms with Crippen LogP contribution in [-0.4, -0.2) is 18.1 Å². The SMILES string of the molecule is NCCOc1ccc2nc(-c3cccc(Cl)c3)sc2c1. The monoisotopic (exact) mass is 304 g/mol. The maximum Gasteiger partial charge on any atom is 0.124 e. The van der Waals surface area contributed by atoms with E-state index in [1.54, 1.807) is 11.3 Å². The molecule has 1 heterocycles. The molecule has 0 aliphatic carbocycles. The van der Waals surface area contributed by atoms with Crippen molar-refractivity contribution in [2.24, 2.45) is 5.73 Å². The van der Waals surface area contributed by atoms with Crippen LogP contribution in [0, 0.1) is 0 Å². The van der Waals surface area contributed by atoms with Crippen molar-refractivity contribution >= 4 is 33.2 Å². The molecule has 1 aromatic heterocycles. The molecule has 0 fully saturated rings. The van der Waals surface area contributed by atoms with Gasteiger partial charge in [-0.15, -0.1) is 11.3 Å². The van der Waals surface area contributed by atoms with Crippen LogP contribution in [0.3, 0.4) is 0 Å². The Morgan fingerprint density at radius 2 is 2.10 bits per heavy atom. The van der Waals surface area contributed by atoms with Gasteiger partial charge in [-0.1, -0.05) is 23.7 Å². The van der Waals surface area contributed by atoms with E-state index in [4.69, 9.17) is 22.1 Å². The average Bonchev–Trinajstić information content (AvgIpc) is 2.88. The number of nitrogens with zero attached hydrogens (tertiary/aromatic N) is 1. The lowest BCUT2D eigenvalue weighted by molar-refractivity contribution is 0.329. The lowest BCUT2D eigenvalue weighted by atomic mass is 10.2. The summed E-state index contributed by atoms with van der Waals surface area (Å²) in [5.41, 5.74) is 7.43. The quantitative estimate of drug-likeness (QED) is 0.794. The van der Waals surface area contributed by atoms with Crippen LogP contribution in [0.4, 0.5) is 0 Å². The molecule has 0 radical (unpaired) electrons. The van der Waals surface area contributed by atoms with E-state index in [1.165, 1.54) is 0 Å². The Morgan fingerprint density at radius 3 is 2.90 bits per heavy atom. The largest absolute Gasteiger partial charge is 0.492 e. The molecule has 0 saturated heterocycles. The van der Waals surface area contributed by atoms with Gasteiger partial charge in [0.15, 0.2) is 0 Å². The molecule has 0 amide bonds. The van der Waals surface area contributed by atoms with Crippen molar-refractivity contribution in [3.05, 3.63) is 47.5 Å². The summed E-state index contributed by atoms with van der Waals surface area (Å²) >= 11 is 7.65. The van der Waals surface area contributed by atoms with Gasteiger partial charge < -0.3 is 10.5 Å². The number of aromatic nitrogens is 1. The first-order valence-electron chi connectivity index (χ1n) is 6.25. The van der Waals surface area contributed by atoms with Crippen LogP contribution in [0.1, 0.15) is 0 Å². The third kappa shape index (κ3) is 2.77. The van der Waals surface area contributed by atoms with Gasteiger partial charge >= 0.3 is 0 Å². The molecule has 2 N–H and O–H groups in total. The van der Waals surface area contributed by atoms with Gasteiger partial charge in [-0.25, -0.2) is 4.98 Å². The number of benzene rings is 2. The average molecular weight is 305 g/mol. The fourth-order valence-corrected chi connectivity index (χ4v) is 3.10. The van der Waals surface area contributed by atoms with E-state index in [9.17, 15) is 0 Å². The number of ether oxygens (including phenoxy) is 1. The highest BCUT2D eigenvalue weighted by Crippen LogP contribution is 2.33. The number of fused-ring (bicyclic) bond motifs is 1. The molecule has 0 bridgehead atoms. The standard InChI is InChI=1S/C15H13ClN2OS/c16-11-3-1-2-10(8-11)15-18-13-5-4-12(19-7-6-17)9-14(13)20-15/h1-5,8-9H,6-7,17H2. The van der Waals surface area contributed by atoms with Gasteiger partial charge in [0.2, 0.25) is 0 Å². The normalized spacial score (nSPS) is 10.9. The lowest BCUT2D eigenvalue weighted by Gasteiger charge is -2.02. The zero-order valence-electron chi connectivity index (χ0n) is 10.7. The van der Waals surface area contributed by atoms with Gasteiger partial charge in [-0.2, -0.15) is 0 Å². The molecule has 0 saturated carbocycles. The van der Waals surface area contributed by atoms with Gasteiger partial charge in [-0.05, 0) is 30.3 Å². The summed E-state index contributed by atoms with van der Waals surface area (Å²) in [6.07, 6.45) is 0. The molecule has 0 atom stereocenters. The van der Waals surface area contributed by atoms with Crippen LogP contribution in [0.25, 0.3) is 20.8 Å². The molecule has 3 nitrogen and oxygen atoms in total. The minimum atomic E-state index is 0.508. The third-order valence-electron chi connectivity index (χ3n) is 2.82. The second kappa shape index (κ2) is 5.79. The Labute approximate surface area is 126 Å². The molecule has 0 aliphatic rings. The zero-order valence-corrected chi connectivity index (χ0v) is 12.2. The molecule has 3 rings (SSSR count). The summed E-state index contributed by atoms with van der Waals surface area (Å²) in [5.74, 6) is 0.823. The summed E-state index contributed by atoms with van der Waals surface area (Å²) in [6, 6.07) is 13.6. The first-order chi connectivity index (χ1) is 9.76. The van der Waals surface area contributed by atoms with E-state index in [-0.39, 0.29) is 0 Å². The minimum Gasteiger partial charge on any atom is -0.492 e. The summed E-state index contributed by atoms with van der Waals surface area (Å²) in [4.78, 5) is 4.63. The van der Waals surface area contributed by atoms with Crippen LogP contribution < -0.4 is 10.5 Å². The first-order valence-corrected chi connectivity index (χ1v) is 7.45.